The molecule has 0 bridgehead atoms. The van der Waals surface area contributed by atoms with Crippen molar-refractivity contribution < 1.29 is 0 Å². The summed E-state index contributed by atoms with van der Waals surface area (Å²) in [7, 11) is 0. The molecule has 0 spiro atoms. The van der Waals surface area contributed by atoms with Gasteiger partial charge in [0.1, 0.15) is 0 Å². The highest BCUT2D eigenvalue weighted by molar-refractivity contribution is 6.25. The topological polar surface area (TPSA) is 0 Å². The second-order valence-electron chi connectivity index (χ2n) is 2.70. The second kappa shape index (κ2) is 2.93. The predicted octanol–water partition coefficient (Wildman–Crippen LogP) is 3.02. The van der Waals surface area contributed by atoms with E-state index in [2.05, 4.69) is 0 Å². The highest BCUT2D eigenvalue weighted by Gasteiger charge is 2.15. The smallest absolute Gasteiger partial charge is 0.0404 e. The van der Waals surface area contributed by atoms with E-state index in [1.807, 2.05) is 20.8 Å². The molecule has 0 aliphatic heterocycles. The van der Waals surface area contributed by atoms with E-state index in [9.17, 15) is 0 Å². The molecule has 0 radical (unpaired) electrons. The Hall–Kier alpha value is 0.580. The van der Waals surface area contributed by atoms with Crippen LogP contribution in [0.3, 0.4) is 0 Å². The Labute approximate surface area is 61.2 Å². The first kappa shape index (κ1) is 8.58. The van der Waals surface area contributed by atoms with Gasteiger partial charge in [-0.3, -0.25) is 0 Å². The van der Waals surface area contributed by atoms with Crippen LogP contribution in [0, 0.1) is 0 Å². The van der Waals surface area contributed by atoms with Crippen molar-refractivity contribution in [1.82, 2.24) is 0 Å². The van der Waals surface area contributed by atoms with Crippen molar-refractivity contribution in [3.8, 4) is 0 Å². The lowest BCUT2D eigenvalue weighted by molar-refractivity contribution is 0.621. The average molecular weight is 155 g/mol. The minimum absolute atomic E-state index is 0.138. The molecular formula is C6H12Cl2. The maximum Gasteiger partial charge on any atom is 0.0404 e. The van der Waals surface area contributed by atoms with Gasteiger partial charge in [-0.2, -0.15) is 0 Å². The first-order valence-electron chi connectivity index (χ1n) is 2.75. The van der Waals surface area contributed by atoms with E-state index in [1.54, 1.807) is 0 Å². The van der Waals surface area contributed by atoms with Crippen LogP contribution < -0.4 is 0 Å². The predicted molar refractivity (Wildman–Crippen MR) is 39.9 cm³/mol. The SMILES string of the molecule is CC(Cl)CC(C)(C)Cl. The Morgan fingerprint density at radius 2 is 1.88 bits per heavy atom. The highest BCUT2D eigenvalue weighted by atomic mass is 35.5. The third-order valence-corrected chi connectivity index (χ3v) is 1.08. The Balaban J connectivity index is 3.39. The Morgan fingerprint density at radius 3 is 1.88 bits per heavy atom. The van der Waals surface area contributed by atoms with Gasteiger partial charge in [0, 0.05) is 10.3 Å². The zero-order valence-electron chi connectivity index (χ0n) is 5.54. The largest absolute Gasteiger partial charge is 0.123 e. The Morgan fingerprint density at radius 1 is 1.50 bits per heavy atom. The van der Waals surface area contributed by atoms with Gasteiger partial charge in [0.15, 0.2) is 0 Å². The van der Waals surface area contributed by atoms with Crippen molar-refractivity contribution in [2.45, 2.75) is 37.4 Å². The minimum atomic E-state index is -0.138. The Kier molecular flexibility index (Phi) is 3.14. The number of halogens is 2. The quantitative estimate of drug-likeness (QED) is 0.537. The molecule has 1 atom stereocenters. The fourth-order valence-corrected chi connectivity index (χ4v) is 1.37. The molecule has 0 aliphatic rings. The summed E-state index contributed by atoms with van der Waals surface area (Å²) in [5.74, 6) is 0. The van der Waals surface area contributed by atoms with Gasteiger partial charge in [0.25, 0.3) is 0 Å². The van der Waals surface area contributed by atoms with Crippen LogP contribution in [0.1, 0.15) is 27.2 Å². The molecule has 0 fully saturated rings. The summed E-state index contributed by atoms with van der Waals surface area (Å²) in [6, 6.07) is 0. The lowest BCUT2D eigenvalue weighted by atomic mass is 10.1. The van der Waals surface area contributed by atoms with Crippen LogP contribution in [-0.2, 0) is 0 Å². The monoisotopic (exact) mass is 154 g/mol. The molecule has 8 heavy (non-hydrogen) atoms. The summed E-state index contributed by atoms with van der Waals surface area (Å²) >= 11 is 11.5. The van der Waals surface area contributed by atoms with Crippen LogP contribution in [0.25, 0.3) is 0 Å². The molecule has 0 heterocycles. The van der Waals surface area contributed by atoms with Crippen LogP contribution in [0.4, 0.5) is 0 Å². The summed E-state index contributed by atoms with van der Waals surface area (Å²) in [4.78, 5) is -0.138. The molecule has 0 aliphatic carbocycles. The van der Waals surface area contributed by atoms with Gasteiger partial charge in [-0.05, 0) is 27.2 Å². The maximum absolute atomic E-state index is 5.84. The van der Waals surface area contributed by atoms with Gasteiger partial charge in [0.2, 0.25) is 0 Å². The molecule has 0 aromatic heterocycles. The highest BCUT2D eigenvalue weighted by Crippen LogP contribution is 2.21. The normalized spacial score (nSPS) is 16.1. The zero-order chi connectivity index (χ0) is 6.78. The molecule has 1 unspecified atom stereocenters. The van der Waals surface area contributed by atoms with E-state index >= 15 is 0 Å². The molecule has 0 rings (SSSR count). The van der Waals surface area contributed by atoms with Crippen molar-refractivity contribution in [3.63, 3.8) is 0 Å². The molecule has 50 valence electrons. The van der Waals surface area contributed by atoms with Crippen molar-refractivity contribution in [3.05, 3.63) is 0 Å². The fraction of sp³-hybridized carbons (Fsp3) is 1.00. The van der Waals surface area contributed by atoms with Crippen LogP contribution in [0.15, 0.2) is 0 Å². The third-order valence-electron chi connectivity index (χ3n) is 0.767. The van der Waals surface area contributed by atoms with E-state index < -0.39 is 0 Å². The number of hydrogen-bond acceptors (Lipinski definition) is 0. The van der Waals surface area contributed by atoms with E-state index in [0.717, 1.165) is 6.42 Å². The first-order valence-corrected chi connectivity index (χ1v) is 3.56. The van der Waals surface area contributed by atoms with Gasteiger partial charge < -0.3 is 0 Å². The fourth-order valence-electron chi connectivity index (χ4n) is 0.669. The molecular weight excluding hydrogens is 143 g/mol. The second-order valence-corrected chi connectivity index (χ2v) is 4.47. The standard InChI is InChI=1S/C6H12Cl2/c1-5(7)4-6(2,3)8/h5H,4H2,1-3H3. The maximum atomic E-state index is 5.84. The molecule has 2 heteroatoms. The van der Waals surface area contributed by atoms with Crippen LogP contribution >= 0.6 is 23.2 Å². The van der Waals surface area contributed by atoms with E-state index in [1.165, 1.54) is 0 Å². The lowest BCUT2D eigenvalue weighted by Gasteiger charge is -2.15. The van der Waals surface area contributed by atoms with Crippen molar-refractivity contribution in [2.75, 3.05) is 0 Å². The molecule has 0 nitrogen and oxygen atoms in total. The molecule has 0 amide bonds. The van der Waals surface area contributed by atoms with Gasteiger partial charge in [-0.1, -0.05) is 0 Å². The van der Waals surface area contributed by atoms with E-state index in [4.69, 9.17) is 23.2 Å². The van der Waals surface area contributed by atoms with E-state index in [0.29, 0.717) is 0 Å². The molecule has 0 aromatic carbocycles. The van der Waals surface area contributed by atoms with Crippen LogP contribution in [-0.4, -0.2) is 10.3 Å². The third kappa shape index (κ3) is 6.58. The lowest BCUT2D eigenvalue weighted by Crippen LogP contribution is -2.14. The molecule has 0 aromatic rings. The summed E-state index contributed by atoms with van der Waals surface area (Å²) < 4.78 is 0. The number of alkyl halides is 2. The van der Waals surface area contributed by atoms with E-state index in [-0.39, 0.29) is 10.3 Å². The summed E-state index contributed by atoms with van der Waals surface area (Å²) in [5, 5.41) is 0.183. The number of rotatable bonds is 2. The van der Waals surface area contributed by atoms with Crippen molar-refractivity contribution >= 4 is 23.2 Å². The number of hydrogen-bond donors (Lipinski definition) is 0. The van der Waals surface area contributed by atoms with Gasteiger partial charge in [-0.15, -0.1) is 23.2 Å². The molecule has 0 N–H and O–H groups in total. The summed E-state index contributed by atoms with van der Waals surface area (Å²) in [5.41, 5.74) is 0. The van der Waals surface area contributed by atoms with Crippen molar-refractivity contribution in [2.24, 2.45) is 0 Å². The first-order chi connectivity index (χ1) is 3.42. The van der Waals surface area contributed by atoms with Gasteiger partial charge in [0.05, 0.1) is 0 Å². The van der Waals surface area contributed by atoms with Crippen molar-refractivity contribution in [1.29, 1.82) is 0 Å². The van der Waals surface area contributed by atoms with Gasteiger partial charge >= 0.3 is 0 Å². The summed E-state index contributed by atoms with van der Waals surface area (Å²) in [6.45, 7) is 5.88. The van der Waals surface area contributed by atoms with Crippen LogP contribution in [0.5, 0.6) is 0 Å². The summed E-state index contributed by atoms with van der Waals surface area (Å²) in [6.07, 6.45) is 0.857. The van der Waals surface area contributed by atoms with Crippen LogP contribution in [0.2, 0.25) is 0 Å². The Bertz CT molecular complexity index is 61.4. The van der Waals surface area contributed by atoms with Gasteiger partial charge in [-0.25, -0.2) is 0 Å². The zero-order valence-corrected chi connectivity index (χ0v) is 7.05. The molecule has 0 saturated heterocycles. The minimum Gasteiger partial charge on any atom is -0.123 e. The average Bonchev–Trinajstić information content (AvgIpc) is 1.21. The molecule has 0 saturated carbocycles.